The normalized spacial score (nSPS) is 11.5. The first kappa shape index (κ1) is 27.1. The van der Waals surface area contributed by atoms with Gasteiger partial charge in [-0.25, -0.2) is 5.48 Å². The third-order valence-corrected chi connectivity index (χ3v) is 4.67. The smallest absolute Gasteiger partial charge is 0.268 e. The molecule has 0 aliphatic carbocycles. The van der Waals surface area contributed by atoms with Gasteiger partial charge in [0.05, 0.1) is 12.6 Å². The Bertz CT molecular complexity index is 1140. The van der Waals surface area contributed by atoms with Gasteiger partial charge in [0, 0.05) is 22.4 Å². The molecule has 0 spiro atoms. The summed E-state index contributed by atoms with van der Waals surface area (Å²) in [4.78, 5) is 35.6. The van der Waals surface area contributed by atoms with Gasteiger partial charge in [0.15, 0.2) is 0 Å². The maximum Gasteiger partial charge on any atom is 0.268 e. The van der Waals surface area contributed by atoms with E-state index in [-0.39, 0.29) is 18.0 Å². The Hall–Kier alpha value is -4.15. The van der Waals surface area contributed by atoms with E-state index in [9.17, 15) is 19.5 Å². The fraction of sp³-hybridized carbons (Fsp3) is 0.269. The van der Waals surface area contributed by atoms with Gasteiger partial charge in [-0.2, -0.15) is 0 Å². The van der Waals surface area contributed by atoms with E-state index in [4.69, 9.17) is 5.21 Å². The van der Waals surface area contributed by atoms with Crippen molar-refractivity contribution in [1.82, 2.24) is 16.1 Å². The van der Waals surface area contributed by atoms with Crippen molar-refractivity contribution < 1.29 is 24.7 Å². The second kappa shape index (κ2) is 14.2. The Morgan fingerprint density at radius 2 is 1.51 bits per heavy atom. The molecule has 2 unspecified atom stereocenters. The molecule has 6 N–H and O–H groups in total. The number of amides is 3. The molecule has 0 aliphatic rings. The molecule has 0 bridgehead atoms. The molecule has 0 heterocycles. The van der Waals surface area contributed by atoms with Crippen LogP contribution in [0.25, 0.3) is 0 Å². The molecule has 9 nitrogen and oxygen atoms in total. The number of aliphatic hydroxyl groups excluding tert-OH is 1. The van der Waals surface area contributed by atoms with E-state index < -0.39 is 24.0 Å². The van der Waals surface area contributed by atoms with Gasteiger partial charge in [-0.15, -0.1) is 0 Å². The SMILES string of the molecule is CCCNCC(=O)Nc1ccc(C#CC#Cc2ccc(C(=O)NC(C(=O)NO)C(C)O)cc2)cc1. The average Bonchev–Trinajstić information content (AvgIpc) is 2.86. The topological polar surface area (TPSA) is 140 Å². The summed E-state index contributed by atoms with van der Waals surface area (Å²) in [5.74, 6) is 9.67. The third-order valence-electron chi connectivity index (χ3n) is 4.67. The fourth-order valence-electron chi connectivity index (χ4n) is 2.83. The molecule has 0 aliphatic heterocycles. The van der Waals surface area contributed by atoms with Crippen molar-refractivity contribution in [2.24, 2.45) is 0 Å². The fourth-order valence-corrected chi connectivity index (χ4v) is 2.83. The van der Waals surface area contributed by atoms with Gasteiger partial charge in [-0.1, -0.05) is 18.8 Å². The first-order chi connectivity index (χ1) is 16.8. The lowest BCUT2D eigenvalue weighted by Gasteiger charge is -2.19. The summed E-state index contributed by atoms with van der Waals surface area (Å²) in [5, 5.41) is 26.5. The predicted molar refractivity (Wildman–Crippen MR) is 131 cm³/mol. The second-order valence-corrected chi connectivity index (χ2v) is 7.55. The summed E-state index contributed by atoms with van der Waals surface area (Å²) in [7, 11) is 0. The quantitative estimate of drug-likeness (QED) is 0.138. The van der Waals surface area contributed by atoms with Crippen molar-refractivity contribution in [1.29, 1.82) is 0 Å². The Balaban J connectivity index is 1.92. The van der Waals surface area contributed by atoms with E-state index >= 15 is 0 Å². The first-order valence-corrected chi connectivity index (χ1v) is 11.0. The van der Waals surface area contributed by atoms with Crippen LogP contribution in [0.4, 0.5) is 5.69 Å². The van der Waals surface area contributed by atoms with Crippen molar-refractivity contribution in [2.45, 2.75) is 32.4 Å². The van der Waals surface area contributed by atoms with E-state index in [0.29, 0.717) is 11.3 Å². The van der Waals surface area contributed by atoms with Gasteiger partial charge in [0.2, 0.25) is 5.91 Å². The number of carbonyl (C=O) groups excluding carboxylic acids is 3. The first-order valence-electron chi connectivity index (χ1n) is 11.0. The summed E-state index contributed by atoms with van der Waals surface area (Å²) in [6.45, 7) is 4.41. The number of hydrogen-bond donors (Lipinski definition) is 6. The van der Waals surface area contributed by atoms with Crippen molar-refractivity contribution >= 4 is 23.4 Å². The zero-order valence-electron chi connectivity index (χ0n) is 19.5. The van der Waals surface area contributed by atoms with Gasteiger partial charge >= 0.3 is 0 Å². The van der Waals surface area contributed by atoms with Crippen molar-refractivity contribution in [3.8, 4) is 23.7 Å². The minimum atomic E-state index is -1.30. The molecule has 2 aromatic carbocycles. The lowest BCUT2D eigenvalue weighted by molar-refractivity contribution is -0.133. The lowest BCUT2D eigenvalue weighted by atomic mass is 10.1. The summed E-state index contributed by atoms with van der Waals surface area (Å²) >= 11 is 0. The van der Waals surface area contributed by atoms with Crippen LogP contribution in [0.15, 0.2) is 48.5 Å². The van der Waals surface area contributed by atoms with E-state index in [1.807, 2.05) is 6.92 Å². The van der Waals surface area contributed by atoms with Gasteiger partial charge in [-0.3, -0.25) is 19.6 Å². The van der Waals surface area contributed by atoms with Gasteiger partial charge in [-0.05, 0) is 80.3 Å². The molecule has 35 heavy (non-hydrogen) atoms. The average molecular weight is 477 g/mol. The van der Waals surface area contributed by atoms with Gasteiger partial charge < -0.3 is 21.1 Å². The lowest BCUT2D eigenvalue weighted by Crippen LogP contribution is -2.51. The van der Waals surface area contributed by atoms with Crippen molar-refractivity contribution in [3.63, 3.8) is 0 Å². The zero-order chi connectivity index (χ0) is 25.6. The molecule has 0 saturated carbocycles. The van der Waals surface area contributed by atoms with E-state index in [2.05, 4.69) is 39.6 Å². The van der Waals surface area contributed by atoms with Crippen LogP contribution in [0.3, 0.4) is 0 Å². The summed E-state index contributed by atoms with van der Waals surface area (Å²) < 4.78 is 0. The summed E-state index contributed by atoms with van der Waals surface area (Å²) in [5.41, 5.74) is 3.72. The molecule has 0 fully saturated rings. The summed E-state index contributed by atoms with van der Waals surface area (Å²) in [6.07, 6.45) is -0.234. The molecule has 2 atom stereocenters. The maximum atomic E-state index is 12.3. The van der Waals surface area contributed by atoms with Crippen LogP contribution in [-0.4, -0.2) is 53.3 Å². The standard InChI is InChI=1S/C26H28N4O5/c1-3-16-27-17-23(32)28-22-14-10-20(11-15-22)7-5-4-6-19-8-12-21(13-9-19)25(33)29-24(18(2)31)26(34)30-35/h8-15,18,24,27,31,35H,3,16-17H2,1-2H3,(H,28,32)(H,29,33)(H,30,34). The molecular formula is C26H28N4O5. The van der Waals surface area contributed by atoms with E-state index in [1.165, 1.54) is 24.5 Å². The van der Waals surface area contributed by atoms with Crippen LogP contribution < -0.4 is 21.4 Å². The van der Waals surface area contributed by atoms with Crippen LogP contribution in [0.2, 0.25) is 0 Å². The van der Waals surface area contributed by atoms with E-state index in [0.717, 1.165) is 18.5 Å². The van der Waals surface area contributed by atoms with Crippen LogP contribution in [-0.2, 0) is 9.59 Å². The Labute approximate surface area is 204 Å². The Kier molecular flexibility index (Phi) is 11.0. The third kappa shape index (κ3) is 9.32. The molecule has 0 radical (unpaired) electrons. The number of anilines is 1. The monoisotopic (exact) mass is 476 g/mol. The maximum absolute atomic E-state index is 12.3. The molecule has 2 rings (SSSR count). The van der Waals surface area contributed by atoms with Crippen molar-refractivity contribution in [3.05, 3.63) is 65.2 Å². The molecule has 0 saturated heterocycles. The zero-order valence-corrected chi connectivity index (χ0v) is 19.5. The molecule has 9 heteroatoms. The molecule has 0 aromatic heterocycles. The number of aliphatic hydroxyl groups is 1. The largest absolute Gasteiger partial charge is 0.391 e. The molecule has 182 valence electrons. The van der Waals surface area contributed by atoms with Crippen LogP contribution in [0.1, 0.15) is 41.8 Å². The van der Waals surface area contributed by atoms with Gasteiger partial charge in [0.1, 0.15) is 6.04 Å². The highest BCUT2D eigenvalue weighted by Crippen LogP contribution is 2.08. The van der Waals surface area contributed by atoms with E-state index in [1.54, 1.807) is 36.4 Å². The number of hydrogen-bond acceptors (Lipinski definition) is 6. The minimum absolute atomic E-state index is 0.106. The minimum Gasteiger partial charge on any atom is -0.391 e. The number of nitrogens with one attached hydrogen (secondary N) is 4. The van der Waals surface area contributed by atoms with Crippen molar-refractivity contribution in [2.75, 3.05) is 18.4 Å². The number of carbonyl (C=O) groups is 3. The highest BCUT2D eigenvalue weighted by Gasteiger charge is 2.25. The Morgan fingerprint density at radius 3 is 2.03 bits per heavy atom. The predicted octanol–water partition coefficient (Wildman–Crippen LogP) is 1.01. The number of benzene rings is 2. The Morgan fingerprint density at radius 1 is 0.943 bits per heavy atom. The molecule has 2 aromatic rings. The second-order valence-electron chi connectivity index (χ2n) is 7.55. The highest BCUT2D eigenvalue weighted by atomic mass is 16.5. The van der Waals surface area contributed by atoms with Crippen LogP contribution in [0.5, 0.6) is 0 Å². The van der Waals surface area contributed by atoms with Crippen LogP contribution >= 0.6 is 0 Å². The number of rotatable bonds is 9. The highest BCUT2D eigenvalue weighted by molar-refractivity contribution is 5.97. The molecule has 3 amide bonds. The number of hydroxylamine groups is 1. The summed E-state index contributed by atoms with van der Waals surface area (Å²) in [6, 6.07) is 12.1. The van der Waals surface area contributed by atoms with Crippen LogP contribution in [0, 0.1) is 23.7 Å². The van der Waals surface area contributed by atoms with Gasteiger partial charge in [0.25, 0.3) is 11.8 Å². The molecular weight excluding hydrogens is 448 g/mol.